The summed E-state index contributed by atoms with van der Waals surface area (Å²) in [5.74, 6) is 1.57. The lowest BCUT2D eigenvalue weighted by Gasteiger charge is -2.35. The van der Waals surface area contributed by atoms with E-state index in [0.29, 0.717) is 18.9 Å². The first-order chi connectivity index (χ1) is 11.3. The Morgan fingerprint density at radius 2 is 1.74 bits per heavy atom. The van der Waals surface area contributed by atoms with Crippen molar-refractivity contribution in [1.29, 1.82) is 0 Å². The highest BCUT2D eigenvalue weighted by molar-refractivity contribution is 5.20. The Bertz CT molecular complexity index is 551. The molecule has 1 N–H and O–H groups in total. The van der Waals surface area contributed by atoms with Crippen molar-refractivity contribution >= 4 is 0 Å². The number of β-amino-alcohol motifs (C(OH)–C–C–N with tert-alkyl or cyclic N) is 1. The lowest BCUT2D eigenvalue weighted by atomic mass is 10.2. The molecule has 0 radical (unpaired) electrons. The summed E-state index contributed by atoms with van der Waals surface area (Å²) in [5.41, 5.74) is 0. The summed E-state index contributed by atoms with van der Waals surface area (Å²) in [6, 6.07) is 13.5. The van der Waals surface area contributed by atoms with Gasteiger partial charge in [-0.05, 0) is 24.3 Å². The predicted octanol–water partition coefficient (Wildman–Crippen LogP) is 2.01. The highest BCUT2D eigenvalue weighted by Gasteiger charge is 2.20. The molecule has 124 valence electrons. The number of benzene rings is 1. The van der Waals surface area contributed by atoms with Crippen molar-refractivity contribution in [3.05, 3.63) is 54.5 Å². The molecule has 0 spiro atoms. The zero-order valence-corrected chi connectivity index (χ0v) is 13.3. The molecule has 23 heavy (non-hydrogen) atoms. The summed E-state index contributed by atoms with van der Waals surface area (Å²) in [7, 11) is 0. The Balaban J connectivity index is 1.34. The van der Waals surface area contributed by atoms with Crippen molar-refractivity contribution in [2.24, 2.45) is 0 Å². The van der Waals surface area contributed by atoms with Crippen LogP contribution in [0.5, 0.6) is 5.75 Å². The molecule has 5 nitrogen and oxygen atoms in total. The highest BCUT2D eigenvalue weighted by Crippen LogP contribution is 2.15. The van der Waals surface area contributed by atoms with Crippen LogP contribution < -0.4 is 4.74 Å². The normalized spacial score (nSPS) is 18.0. The number of ether oxygens (including phenoxy) is 1. The second kappa shape index (κ2) is 8.15. The van der Waals surface area contributed by atoms with E-state index in [-0.39, 0.29) is 0 Å². The second-order valence-electron chi connectivity index (χ2n) is 5.83. The van der Waals surface area contributed by atoms with E-state index in [4.69, 9.17) is 9.15 Å². The molecule has 1 aliphatic rings. The Kier molecular flexibility index (Phi) is 5.69. The Morgan fingerprint density at radius 1 is 1.00 bits per heavy atom. The maximum atomic E-state index is 10.1. The van der Waals surface area contributed by atoms with E-state index >= 15 is 0 Å². The number of nitrogens with zero attached hydrogens (tertiary/aromatic N) is 2. The molecule has 0 saturated carbocycles. The van der Waals surface area contributed by atoms with Crippen LogP contribution in [-0.2, 0) is 0 Å². The van der Waals surface area contributed by atoms with Crippen LogP contribution in [0.15, 0.2) is 53.1 Å². The fourth-order valence-electron chi connectivity index (χ4n) is 2.82. The Hall–Kier alpha value is -1.82. The molecule has 2 aromatic rings. The van der Waals surface area contributed by atoms with E-state index in [9.17, 15) is 5.11 Å². The number of hydrogen-bond donors (Lipinski definition) is 1. The van der Waals surface area contributed by atoms with Crippen molar-refractivity contribution in [3.63, 3.8) is 0 Å². The lowest BCUT2D eigenvalue weighted by Crippen LogP contribution is -2.48. The minimum absolute atomic E-state index is 0.544. The maximum absolute atomic E-state index is 10.1. The molecule has 0 unspecified atom stereocenters. The monoisotopic (exact) mass is 316 g/mol. The molecular formula is C18H24N2O3. The van der Waals surface area contributed by atoms with Crippen molar-refractivity contribution < 1.29 is 14.3 Å². The summed E-state index contributed by atoms with van der Waals surface area (Å²) in [4.78, 5) is 4.68. The number of piperazine rings is 1. The van der Waals surface area contributed by atoms with Crippen LogP contribution in [0.25, 0.3) is 0 Å². The Labute approximate surface area is 137 Å². The summed E-state index contributed by atoms with van der Waals surface area (Å²) < 4.78 is 11.0. The third kappa shape index (κ3) is 4.82. The standard InChI is InChI=1S/C18H24N2O3/c21-17(18-7-4-13-23-18)15-20-10-8-19(9-11-20)12-14-22-16-5-2-1-3-6-16/h1-7,13,17,21H,8-12,14-15H2/t17-/m0/s1. The molecule has 1 aliphatic heterocycles. The summed E-state index contributed by atoms with van der Waals surface area (Å²) >= 11 is 0. The van der Waals surface area contributed by atoms with Crippen LogP contribution in [0.4, 0.5) is 0 Å². The number of rotatable bonds is 7. The van der Waals surface area contributed by atoms with Gasteiger partial charge in [0.15, 0.2) is 0 Å². The molecule has 1 aromatic carbocycles. The predicted molar refractivity (Wildman–Crippen MR) is 88.5 cm³/mol. The fraction of sp³-hybridized carbons (Fsp3) is 0.444. The summed E-state index contributed by atoms with van der Waals surface area (Å²) in [6.07, 6.45) is 1.06. The molecule has 1 aromatic heterocycles. The first-order valence-electron chi connectivity index (χ1n) is 8.15. The number of hydrogen-bond acceptors (Lipinski definition) is 5. The van der Waals surface area contributed by atoms with E-state index in [1.807, 2.05) is 42.5 Å². The first kappa shape index (κ1) is 16.1. The van der Waals surface area contributed by atoms with Crippen molar-refractivity contribution in [1.82, 2.24) is 9.80 Å². The van der Waals surface area contributed by atoms with Gasteiger partial charge in [0, 0.05) is 39.3 Å². The van der Waals surface area contributed by atoms with Crippen LogP contribution in [0.3, 0.4) is 0 Å². The van der Waals surface area contributed by atoms with Crippen LogP contribution in [-0.4, -0.2) is 60.8 Å². The second-order valence-corrected chi connectivity index (χ2v) is 5.83. The largest absolute Gasteiger partial charge is 0.492 e. The summed E-state index contributed by atoms with van der Waals surface area (Å²) in [5, 5.41) is 10.1. The minimum Gasteiger partial charge on any atom is -0.492 e. The van der Waals surface area contributed by atoms with E-state index in [1.165, 1.54) is 0 Å². The first-order valence-corrected chi connectivity index (χ1v) is 8.15. The zero-order chi connectivity index (χ0) is 15.9. The molecule has 0 amide bonds. The SMILES string of the molecule is O[C@@H](CN1CCN(CCOc2ccccc2)CC1)c1ccco1. The van der Waals surface area contributed by atoms with Crippen molar-refractivity contribution in [3.8, 4) is 5.75 Å². The van der Waals surface area contributed by atoms with Crippen LogP contribution in [0, 0.1) is 0 Å². The van der Waals surface area contributed by atoms with Gasteiger partial charge in [-0.25, -0.2) is 0 Å². The number of furan rings is 1. The van der Waals surface area contributed by atoms with E-state index < -0.39 is 6.10 Å². The average molecular weight is 316 g/mol. The van der Waals surface area contributed by atoms with E-state index in [1.54, 1.807) is 6.26 Å². The van der Waals surface area contributed by atoms with Gasteiger partial charge in [0.1, 0.15) is 24.2 Å². The van der Waals surface area contributed by atoms with Crippen LogP contribution >= 0.6 is 0 Å². The van der Waals surface area contributed by atoms with Crippen molar-refractivity contribution in [2.75, 3.05) is 45.9 Å². The molecule has 5 heteroatoms. The van der Waals surface area contributed by atoms with Gasteiger partial charge in [-0.1, -0.05) is 18.2 Å². The van der Waals surface area contributed by atoms with Gasteiger partial charge in [-0.15, -0.1) is 0 Å². The smallest absolute Gasteiger partial charge is 0.133 e. The van der Waals surface area contributed by atoms with Gasteiger partial charge in [0.2, 0.25) is 0 Å². The minimum atomic E-state index is -0.544. The molecule has 1 saturated heterocycles. The number of para-hydroxylation sites is 1. The van der Waals surface area contributed by atoms with Gasteiger partial charge in [-0.2, -0.15) is 0 Å². The average Bonchev–Trinajstić information content (AvgIpc) is 3.12. The molecule has 0 aliphatic carbocycles. The van der Waals surface area contributed by atoms with Gasteiger partial charge >= 0.3 is 0 Å². The molecular weight excluding hydrogens is 292 g/mol. The molecule has 1 fully saturated rings. The van der Waals surface area contributed by atoms with Gasteiger partial charge in [0.05, 0.1) is 6.26 Å². The molecule has 1 atom stereocenters. The maximum Gasteiger partial charge on any atom is 0.133 e. The topological polar surface area (TPSA) is 49.1 Å². The van der Waals surface area contributed by atoms with Gasteiger partial charge < -0.3 is 14.3 Å². The van der Waals surface area contributed by atoms with Crippen molar-refractivity contribution in [2.45, 2.75) is 6.10 Å². The highest BCUT2D eigenvalue weighted by atomic mass is 16.5. The molecule has 3 rings (SSSR count). The van der Waals surface area contributed by atoms with Crippen LogP contribution in [0.1, 0.15) is 11.9 Å². The van der Waals surface area contributed by atoms with E-state index in [0.717, 1.165) is 38.5 Å². The third-order valence-corrected chi connectivity index (χ3v) is 4.19. The van der Waals surface area contributed by atoms with Crippen LogP contribution in [0.2, 0.25) is 0 Å². The molecule has 2 heterocycles. The number of aliphatic hydroxyl groups is 1. The quantitative estimate of drug-likeness (QED) is 0.847. The Morgan fingerprint density at radius 3 is 2.43 bits per heavy atom. The fourth-order valence-corrected chi connectivity index (χ4v) is 2.82. The third-order valence-electron chi connectivity index (χ3n) is 4.19. The van der Waals surface area contributed by atoms with E-state index in [2.05, 4.69) is 9.80 Å². The lowest BCUT2D eigenvalue weighted by molar-refractivity contribution is 0.0580. The number of aliphatic hydroxyl groups excluding tert-OH is 1. The summed E-state index contributed by atoms with van der Waals surface area (Å²) in [6.45, 7) is 6.20. The molecule has 0 bridgehead atoms. The van der Waals surface area contributed by atoms with Gasteiger partial charge in [0.25, 0.3) is 0 Å². The van der Waals surface area contributed by atoms with Gasteiger partial charge in [-0.3, -0.25) is 9.80 Å². The zero-order valence-electron chi connectivity index (χ0n) is 13.3.